The quantitative estimate of drug-likeness (QED) is 0.828. The van der Waals surface area contributed by atoms with Crippen LogP contribution in [0.1, 0.15) is 29.5 Å². The van der Waals surface area contributed by atoms with Gasteiger partial charge < -0.3 is 9.52 Å². The summed E-state index contributed by atoms with van der Waals surface area (Å²) >= 11 is 3.31. The van der Waals surface area contributed by atoms with Gasteiger partial charge in [-0.05, 0) is 5.56 Å². The fourth-order valence-electron chi connectivity index (χ4n) is 1.96. The van der Waals surface area contributed by atoms with Crippen molar-refractivity contribution in [3.8, 4) is 0 Å². The van der Waals surface area contributed by atoms with Crippen molar-refractivity contribution in [3.63, 3.8) is 0 Å². The third kappa shape index (κ3) is 3.92. The Hall–Kier alpha value is -1.62. The zero-order valence-electron chi connectivity index (χ0n) is 10.3. The molecule has 0 fully saturated rings. The molecule has 2 aromatic rings. The van der Waals surface area contributed by atoms with Gasteiger partial charge in [0.2, 0.25) is 0 Å². The summed E-state index contributed by atoms with van der Waals surface area (Å²) < 4.78 is 5.36. The lowest BCUT2D eigenvalue weighted by molar-refractivity contribution is -0.137. The van der Waals surface area contributed by atoms with Crippen LogP contribution in [0.3, 0.4) is 0 Å². The van der Waals surface area contributed by atoms with Crippen molar-refractivity contribution in [2.24, 2.45) is 0 Å². The standard InChI is InChI=1S/C14H14BrNO3/c15-8-12-9-19-13(16-12)6-11(7-14(17)18)10-4-2-1-3-5-10/h1-5,9,11H,6-8H2,(H,17,18). The molecule has 0 aliphatic carbocycles. The second-order valence-electron chi connectivity index (χ2n) is 4.28. The number of rotatable bonds is 6. The topological polar surface area (TPSA) is 63.3 Å². The number of aromatic nitrogens is 1. The average Bonchev–Trinajstić information content (AvgIpc) is 2.86. The van der Waals surface area contributed by atoms with E-state index in [-0.39, 0.29) is 12.3 Å². The normalized spacial score (nSPS) is 12.3. The van der Waals surface area contributed by atoms with Gasteiger partial charge in [-0.15, -0.1) is 0 Å². The van der Waals surface area contributed by atoms with Gasteiger partial charge in [0.25, 0.3) is 0 Å². The van der Waals surface area contributed by atoms with E-state index in [1.807, 2.05) is 30.3 Å². The number of carboxylic acids is 1. The molecule has 0 bridgehead atoms. The highest BCUT2D eigenvalue weighted by molar-refractivity contribution is 9.08. The molecule has 0 spiro atoms. The summed E-state index contributed by atoms with van der Waals surface area (Å²) in [5, 5.41) is 9.65. The molecule has 5 heteroatoms. The van der Waals surface area contributed by atoms with Crippen molar-refractivity contribution in [1.82, 2.24) is 4.98 Å². The maximum absolute atomic E-state index is 11.0. The van der Waals surface area contributed by atoms with Gasteiger partial charge in [-0.1, -0.05) is 46.3 Å². The van der Waals surface area contributed by atoms with Gasteiger partial charge in [-0.25, -0.2) is 4.98 Å². The molecular formula is C14H14BrNO3. The fraction of sp³-hybridized carbons (Fsp3) is 0.286. The first-order chi connectivity index (χ1) is 9.19. The second-order valence-corrected chi connectivity index (χ2v) is 4.84. The number of carbonyl (C=O) groups is 1. The predicted molar refractivity (Wildman–Crippen MR) is 74.3 cm³/mol. The Morgan fingerprint density at radius 3 is 2.68 bits per heavy atom. The molecule has 1 aromatic heterocycles. The van der Waals surface area contributed by atoms with Gasteiger partial charge in [0.15, 0.2) is 5.89 Å². The lowest BCUT2D eigenvalue weighted by atomic mass is 9.92. The summed E-state index contributed by atoms with van der Waals surface area (Å²) in [6.07, 6.45) is 2.15. The molecule has 100 valence electrons. The van der Waals surface area contributed by atoms with E-state index in [0.29, 0.717) is 17.6 Å². The molecule has 0 saturated heterocycles. The zero-order chi connectivity index (χ0) is 13.7. The maximum atomic E-state index is 11.0. The Morgan fingerprint density at radius 2 is 2.11 bits per heavy atom. The van der Waals surface area contributed by atoms with Crippen molar-refractivity contribution in [3.05, 3.63) is 53.7 Å². The van der Waals surface area contributed by atoms with E-state index in [4.69, 9.17) is 9.52 Å². The summed E-state index contributed by atoms with van der Waals surface area (Å²) in [4.78, 5) is 15.3. The molecule has 2 rings (SSSR count). The zero-order valence-corrected chi connectivity index (χ0v) is 11.8. The summed E-state index contributed by atoms with van der Waals surface area (Å²) in [5.41, 5.74) is 1.81. The van der Waals surface area contributed by atoms with Crippen LogP contribution < -0.4 is 0 Å². The second kappa shape index (κ2) is 6.52. The van der Waals surface area contributed by atoms with E-state index < -0.39 is 5.97 Å². The first-order valence-electron chi connectivity index (χ1n) is 5.95. The van der Waals surface area contributed by atoms with Gasteiger partial charge in [0.1, 0.15) is 6.26 Å². The van der Waals surface area contributed by atoms with E-state index in [1.165, 1.54) is 0 Å². The molecule has 1 aromatic carbocycles. The molecule has 4 nitrogen and oxygen atoms in total. The largest absolute Gasteiger partial charge is 0.481 e. The van der Waals surface area contributed by atoms with Gasteiger partial charge in [-0.3, -0.25) is 4.79 Å². The molecule has 1 heterocycles. The highest BCUT2D eigenvalue weighted by Gasteiger charge is 2.18. The number of carboxylic acid groups (broad SMARTS) is 1. The van der Waals surface area contributed by atoms with Crippen molar-refractivity contribution >= 4 is 21.9 Å². The number of aliphatic carboxylic acids is 1. The van der Waals surface area contributed by atoms with E-state index >= 15 is 0 Å². The molecule has 0 saturated carbocycles. The van der Waals surface area contributed by atoms with E-state index in [2.05, 4.69) is 20.9 Å². The minimum atomic E-state index is -0.818. The van der Waals surface area contributed by atoms with Crippen LogP contribution in [0.25, 0.3) is 0 Å². The van der Waals surface area contributed by atoms with Gasteiger partial charge >= 0.3 is 5.97 Å². The molecule has 0 radical (unpaired) electrons. The number of alkyl halides is 1. The number of hydrogen-bond acceptors (Lipinski definition) is 3. The highest BCUT2D eigenvalue weighted by Crippen LogP contribution is 2.24. The Kier molecular flexibility index (Phi) is 4.74. The SMILES string of the molecule is O=C(O)CC(Cc1nc(CBr)co1)c1ccccc1. The Labute approximate surface area is 119 Å². The third-order valence-corrected chi connectivity index (χ3v) is 3.42. The number of benzene rings is 1. The Morgan fingerprint density at radius 1 is 1.37 bits per heavy atom. The summed E-state index contributed by atoms with van der Waals surface area (Å²) in [5.74, 6) is -0.369. The maximum Gasteiger partial charge on any atom is 0.303 e. The summed E-state index contributed by atoms with van der Waals surface area (Å²) in [7, 11) is 0. The van der Waals surface area contributed by atoms with E-state index in [9.17, 15) is 4.79 Å². The predicted octanol–water partition coefficient (Wildman–Crippen LogP) is 3.37. The van der Waals surface area contributed by atoms with Crippen molar-refractivity contribution < 1.29 is 14.3 Å². The first-order valence-corrected chi connectivity index (χ1v) is 7.07. The van der Waals surface area contributed by atoms with Gasteiger partial charge in [-0.2, -0.15) is 0 Å². The van der Waals surface area contributed by atoms with Crippen LogP contribution in [0, 0.1) is 0 Å². The van der Waals surface area contributed by atoms with Crippen LogP contribution in [-0.2, 0) is 16.5 Å². The van der Waals surface area contributed by atoms with Crippen LogP contribution in [-0.4, -0.2) is 16.1 Å². The smallest absolute Gasteiger partial charge is 0.303 e. The average molecular weight is 324 g/mol. The van der Waals surface area contributed by atoms with Crippen molar-refractivity contribution in [1.29, 1.82) is 0 Å². The van der Waals surface area contributed by atoms with Crippen molar-refractivity contribution in [2.75, 3.05) is 0 Å². The number of hydrogen-bond donors (Lipinski definition) is 1. The molecular weight excluding hydrogens is 310 g/mol. The monoisotopic (exact) mass is 323 g/mol. The molecule has 1 unspecified atom stereocenters. The van der Waals surface area contributed by atoms with Crippen molar-refractivity contribution in [2.45, 2.75) is 24.1 Å². The molecule has 0 amide bonds. The Bertz CT molecular complexity index is 539. The highest BCUT2D eigenvalue weighted by atomic mass is 79.9. The molecule has 0 aliphatic rings. The molecule has 1 N–H and O–H groups in total. The number of halogens is 1. The first kappa shape index (κ1) is 13.8. The summed E-state index contributed by atoms with van der Waals surface area (Å²) in [6, 6.07) is 9.59. The lowest BCUT2D eigenvalue weighted by Crippen LogP contribution is -2.09. The molecule has 1 atom stereocenters. The number of oxazole rings is 1. The van der Waals surface area contributed by atoms with Gasteiger partial charge in [0.05, 0.1) is 12.1 Å². The Balaban J connectivity index is 2.16. The fourth-order valence-corrected chi connectivity index (χ4v) is 2.22. The van der Waals surface area contributed by atoms with E-state index in [0.717, 1.165) is 11.3 Å². The van der Waals surface area contributed by atoms with E-state index in [1.54, 1.807) is 6.26 Å². The molecule has 0 aliphatic heterocycles. The summed E-state index contributed by atoms with van der Waals surface area (Å²) in [6.45, 7) is 0. The minimum Gasteiger partial charge on any atom is -0.481 e. The third-order valence-electron chi connectivity index (χ3n) is 2.85. The van der Waals surface area contributed by atoms with Crippen LogP contribution in [0.5, 0.6) is 0 Å². The lowest BCUT2D eigenvalue weighted by Gasteiger charge is -2.13. The van der Waals surface area contributed by atoms with Gasteiger partial charge in [0, 0.05) is 17.7 Å². The van der Waals surface area contributed by atoms with Crippen LogP contribution in [0.4, 0.5) is 0 Å². The number of nitrogens with zero attached hydrogens (tertiary/aromatic N) is 1. The van der Waals surface area contributed by atoms with Crippen LogP contribution in [0.15, 0.2) is 41.0 Å². The molecule has 19 heavy (non-hydrogen) atoms. The van der Waals surface area contributed by atoms with Crippen LogP contribution >= 0.6 is 15.9 Å². The minimum absolute atomic E-state index is 0.0655. The van der Waals surface area contributed by atoms with Crippen LogP contribution in [0.2, 0.25) is 0 Å².